The SMILES string of the molecule is C[C@]1(C(=O)O)CCCN1C(=O)[C@H]1CCC[C@H]1CNC(=O)OCC1c2ccccc2-c2ccccc21. The Morgan fingerprint density at radius 3 is 2.34 bits per heavy atom. The van der Waals surface area contributed by atoms with Crippen LogP contribution in [0.5, 0.6) is 0 Å². The number of alkyl carbamates (subject to hydrolysis) is 1. The third-order valence-corrected chi connectivity index (χ3v) is 8.20. The number of amides is 2. The van der Waals surface area contributed by atoms with Gasteiger partial charge >= 0.3 is 12.1 Å². The predicted molar refractivity (Wildman–Crippen MR) is 131 cm³/mol. The third kappa shape index (κ3) is 4.17. The van der Waals surface area contributed by atoms with Crippen molar-refractivity contribution in [3.05, 3.63) is 59.7 Å². The summed E-state index contributed by atoms with van der Waals surface area (Å²) in [5.41, 5.74) is 3.55. The Morgan fingerprint density at radius 2 is 1.69 bits per heavy atom. The number of carboxylic acids is 1. The summed E-state index contributed by atoms with van der Waals surface area (Å²) in [5, 5.41) is 12.5. The van der Waals surface area contributed by atoms with E-state index in [9.17, 15) is 19.5 Å². The van der Waals surface area contributed by atoms with E-state index in [1.165, 1.54) is 11.1 Å². The Kier molecular flexibility index (Phi) is 6.26. The number of aliphatic carboxylic acids is 1. The molecule has 7 heteroatoms. The van der Waals surface area contributed by atoms with Gasteiger partial charge in [-0.25, -0.2) is 9.59 Å². The minimum absolute atomic E-state index is 0.00202. The molecule has 35 heavy (non-hydrogen) atoms. The van der Waals surface area contributed by atoms with Crippen LogP contribution in [0, 0.1) is 11.8 Å². The molecule has 1 heterocycles. The quantitative estimate of drug-likeness (QED) is 0.644. The summed E-state index contributed by atoms with van der Waals surface area (Å²) in [4.78, 5) is 39.2. The molecule has 0 spiro atoms. The molecule has 3 aliphatic rings. The zero-order valence-corrected chi connectivity index (χ0v) is 20.0. The second-order valence-corrected chi connectivity index (χ2v) is 10.2. The first-order chi connectivity index (χ1) is 16.9. The standard InChI is InChI=1S/C28H32N2O5/c1-28(26(32)33)14-7-15-30(28)25(31)19-13-6-8-18(19)16-29-27(34)35-17-24-22-11-4-2-9-20(22)21-10-3-5-12-23(21)24/h2-5,9-12,18-19,24H,6-8,13-17H2,1H3,(H,29,34)(H,32,33)/t18-,19-,28+/m0/s1. The Balaban J connectivity index is 1.18. The maximum absolute atomic E-state index is 13.3. The number of fused-ring (bicyclic) bond motifs is 3. The largest absolute Gasteiger partial charge is 0.480 e. The van der Waals surface area contributed by atoms with Gasteiger partial charge in [0.25, 0.3) is 0 Å². The Morgan fingerprint density at radius 1 is 1.03 bits per heavy atom. The molecule has 1 saturated heterocycles. The van der Waals surface area contributed by atoms with Crippen LogP contribution in [0.15, 0.2) is 48.5 Å². The highest BCUT2D eigenvalue weighted by molar-refractivity contribution is 5.89. The van der Waals surface area contributed by atoms with Crippen LogP contribution in [0.2, 0.25) is 0 Å². The molecule has 2 N–H and O–H groups in total. The first-order valence-electron chi connectivity index (χ1n) is 12.5. The minimum atomic E-state index is -1.13. The number of carbonyl (C=O) groups is 3. The normalized spacial score (nSPS) is 25.2. The van der Waals surface area contributed by atoms with Crippen molar-refractivity contribution in [3.63, 3.8) is 0 Å². The second-order valence-electron chi connectivity index (χ2n) is 10.2. The van der Waals surface area contributed by atoms with Gasteiger partial charge in [-0.15, -0.1) is 0 Å². The van der Waals surface area contributed by atoms with E-state index < -0.39 is 17.6 Å². The van der Waals surface area contributed by atoms with Gasteiger partial charge in [0.2, 0.25) is 5.91 Å². The Hall–Kier alpha value is -3.35. The molecule has 2 fully saturated rings. The molecular formula is C28H32N2O5. The number of benzene rings is 2. The number of likely N-dealkylation sites (tertiary alicyclic amines) is 1. The molecule has 5 rings (SSSR count). The lowest BCUT2D eigenvalue weighted by atomic mass is 9.92. The van der Waals surface area contributed by atoms with Crippen LogP contribution in [0.4, 0.5) is 4.79 Å². The van der Waals surface area contributed by atoms with Crippen molar-refractivity contribution < 1.29 is 24.2 Å². The average molecular weight is 477 g/mol. The molecule has 184 valence electrons. The van der Waals surface area contributed by atoms with Gasteiger partial charge < -0.3 is 20.1 Å². The van der Waals surface area contributed by atoms with E-state index in [1.807, 2.05) is 24.3 Å². The van der Waals surface area contributed by atoms with Crippen molar-refractivity contribution in [1.82, 2.24) is 10.2 Å². The Labute approximate surface area is 205 Å². The van der Waals surface area contributed by atoms with E-state index in [4.69, 9.17) is 4.74 Å². The fraction of sp³-hybridized carbons (Fsp3) is 0.464. The lowest BCUT2D eigenvalue weighted by molar-refractivity contribution is -0.157. The smallest absolute Gasteiger partial charge is 0.407 e. The summed E-state index contributed by atoms with van der Waals surface area (Å²) >= 11 is 0. The molecule has 7 nitrogen and oxygen atoms in total. The fourth-order valence-electron chi connectivity index (χ4n) is 6.21. The summed E-state index contributed by atoms with van der Waals surface area (Å²) in [5.74, 6) is -1.32. The fourth-order valence-corrected chi connectivity index (χ4v) is 6.21. The van der Waals surface area contributed by atoms with Crippen molar-refractivity contribution in [2.75, 3.05) is 19.7 Å². The molecule has 2 aliphatic carbocycles. The van der Waals surface area contributed by atoms with Gasteiger partial charge in [0, 0.05) is 24.9 Å². The lowest BCUT2D eigenvalue weighted by Crippen LogP contribution is -2.53. The van der Waals surface area contributed by atoms with Crippen LogP contribution < -0.4 is 5.32 Å². The molecule has 2 aromatic carbocycles. The topological polar surface area (TPSA) is 95.9 Å². The van der Waals surface area contributed by atoms with Crippen molar-refractivity contribution in [2.45, 2.75) is 50.5 Å². The first-order valence-corrected chi connectivity index (χ1v) is 12.5. The molecule has 0 aromatic heterocycles. The van der Waals surface area contributed by atoms with E-state index in [2.05, 4.69) is 29.6 Å². The van der Waals surface area contributed by atoms with E-state index in [-0.39, 0.29) is 30.3 Å². The number of ether oxygens (including phenoxy) is 1. The van der Waals surface area contributed by atoms with E-state index in [0.717, 1.165) is 30.4 Å². The molecule has 1 saturated carbocycles. The number of hydrogen-bond donors (Lipinski definition) is 2. The van der Waals surface area contributed by atoms with Gasteiger partial charge in [0.15, 0.2) is 0 Å². The third-order valence-electron chi connectivity index (χ3n) is 8.20. The molecule has 0 unspecified atom stereocenters. The minimum Gasteiger partial charge on any atom is -0.480 e. The number of hydrogen-bond acceptors (Lipinski definition) is 4. The zero-order chi connectivity index (χ0) is 24.6. The number of carboxylic acid groups (broad SMARTS) is 1. The van der Waals surface area contributed by atoms with Crippen LogP contribution in [0.3, 0.4) is 0 Å². The molecule has 1 aliphatic heterocycles. The summed E-state index contributed by atoms with van der Waals surface area (Å²) in [6.45, 7) is 2.71. The maximum atomic E-state index is 13.3. The maximum Gasteiger partial charge on any atom is 0.407 e. The Bertz CT molecular complexity index is 1100. The molecule has 2 amide bonds. The van der Waals surface area contributed by atoms with Gasteiger partial charge in [-0.2, -0.15) is 0 Å². The van der Waals surface area contributed by atoms with Gasteiger partial charge in [-0.3, -0.25) is 4.79 Å². The summed E-state index contributed by atoms with van der Waals surface area (Å²) in [6, 6.07) is 16.4. The zero-order valence-electron chi connectivity index (χ0n) is 20.0. The van der Waals surface area contributed by atoms with Crippen LogP contribution >= 0.6 is 0 Å². The van der Waals surface area contributed by atoms with Gasteiger partial charge in [0.05, 0.1) is 0 Å². The number of rotatable bonds is 6. The summed E-state index contributed by atoms with van der Waals surface area (Å²) in [7, 11) is 0. The van der Waals surface area contributed by atoms with Gasteiger partial charge in [-0.1, -0.05) is 55.0 Å². The molecule has 2 aromatic rings. The predicted octanol–water partition coefficient (Wildman–Crippen LogP) is 4.41. The molecule has 0 radical (unpaired) electrons. The highest BCUT2D eigenvalue weighted by atomic mass is 16.5. The van der Waals surface area contributed by atoms with Crippen LogP contribution in [-0.4, -0.2) is 53.2 Å². The molecule has 0 bridgehead atoms. The van der Waals surface area contributed by atoms with E-state index in [1.54, 1.807) is 11.8 Å². The number of nitrogens with zero attached hydrogens (tertiary/aromatic N) is 1. The molecule has 3 atom stereocenters. The van der Waals surface area contributed by atoms with Crippen molar-refractivity contribution >= 4 is 18.0 Å². The molecular weight excluding hydrogens is 444 g/mol. The monoisotopic (exact) mass is 476 g/mol. The van der Waals surface area contributed by atoms with Crippen molar-refractivity contribution in [2.24, 2.45) is 11.8 Å². The van der Waals surface area contributed by atoms with Crippen molar-refractivity contribution in [1.29, 1.82) is 0 Å². The number of nitrogens with one attached hydrogen (secondary N) is 1. The van der Waals surface area contributed by atoms with Crippen molar-refractivity contribution in [3.8, 4) is 11.1 Å². The summed E-state index contributed by atoms with van der Waals surface area (Å²) < 4.78 is 5.64. The highest BCUT2D eigenvalue weighted by Crippen LogP contribution is 2.44. The first kappa shape index (κ1) is 23.4. The summed E-state index contributed by atoms with van der Waals surface area (Å²) in [6.07, 6.45) is 3.14. The van der Waals surface area contributed by atoms with E-state index >= 15 is 0 Å². The van der Waals surface area contributed by atoms with Crippen LogP contribution in [-0.2, 0) is 14.3 Å². The highest BCUT2D eigenvalue weighted by Gasteiger charge is 2.49. The lowest BCUT2D eigenvalue weighted by Gasteiger charge is -2.34. The average Bonchev–Trinajstić information content (AvgIpc) is 3.57. The van der Waals surface area contributed by atoms with Crippen LogP contribution in [0.25, 0.3) is 11.1 Å². The van der Waals surface area contributed by atoms with Crippen LogP contribution in [0.1, 0.15) is 56.1 Å². The van der Waals surface area contributed by atoms with Gasteiger partial charge in [-0.05, 0) is 60.8 Å². The second kappa shape index (κ2) is 9.36. The number of carbonyl (C=O) groups excluding carboxylic acids is 2. The van der Waals surface area contributed by atoms with Gasteiger partial charge in [0.1, 0.15) is 12.1 Å². The van der Waals surface area contributed by atoms with E-state index in [0.29, 0.717) is 25.9 Å².